The second-order valence-electron chi connectivity index (χ2n) is 2.90. The van der Waals surface area contributed by atoms with Crippen LogP contribution in [-0.4, -0.2) is 5.11 Å². The van der Waals surface area contributed by atoms with Crippen molar-refractivity contribution in [1.82, 2.24) is 0 Å². The van der Waals surface area contributed by atoms with E-state index in [1.54, 1.807) is 5.38 Å². The van der Waals surface area contributed by atoms with Crippen molar-refractivity contribution in [1.29, 1.82) is 5.26 Å². The number of hydrogen-bond donors (Lipinski definition) is 2. The number of thiophene rings is 1. The molecular weight excluding hydrogens is 214 g/mol. The summed E-state index contributed by atoms with van der Waals surface area (Å²) in [5.74, 6) is 0. The molecule has 0 aliphatic carbocycles. The van der Waals surface area contributed by atoms with E-state index in [-0.39, 0.29) is 6.61 Å². The fourth-order valence-electron chi connectivity index (χ4n) is 1.40. The number of hydrogen-bond acceptors (Lipinski definition) is 4. The summed E-state index contributed by atoms with van der Waals surface area (Å²) in [7, 11) is 0. The normalized spacial score (nSPS) is 10.4. The summed E-state index contributed by atoms with van der Waals surface area (Å²) in [4.78, 5) is 0.774. The lowest BCUT2D eigenvalue weighted by Crippen LogP contribution is -1.83. The SMILES string of the molecule is N#Cc1csc2c(CO)cc(S)cc12. The molecule has 0 radical (unpaired) electrons. The summed E-state index contributed by atoms with van der Waals surface area (Å²) in [6.07, 6.45) is 0. The summed E-state index contributed by atoms with van der Waals surface area (Å²) in [5.41, 5.74) is 1.48. The van der Waals surface area contributed by atoms with Crippen molar-refractivity contribution < 1.29 is 5.11 Å². The molecule has 0 saturated carbocycles. The first-order valence-corrected chi connectivity index (χ1v) is 5.33. The molecule has 0 bridgehead atoms. The molecule has 0 fully saturated rings. The maximum Gasteiger partial charge on any atom is 0.101 e. The smallest absolute Gasteiger partial charge is 0.101 e. The first-order chi connectivity index (χ1) is 6.76. The minimum absolute atomic E-state index is 0.0176. The molecule has 0 saturated heterocycles. The van der Waals surface area contributed by atoms with Crippen LogP contribution in [-0.2, 0) is 6.61 Å². The average Bonchev–Trinajstić information content (AvgIpc) is 2.59. The average molecular weight is 221 g/mol. The molecule has 1 aromatic heterocycles. The Morgan fingerprint density at radius 1 is 1.50 bits per heavy atom. The Kier molecular flexibility index (Phi) is 2.46. The molecule has 0 amide bonds. The minimum atomic E-state index is -0.0176. The van der Waals surface area contributed by atoms with Gasteiger partial charge in [-0.2, -0.15) is 5.26 Å². The van der Waals surface area contributed by atoms with Gasteiger partial charge in [0.15, 0.2) is 0 Å². The van der Waals surface area contributed by atoms with Crippen molar-refractivity contribution in [3.63, 3.8) is 0 Å². The summed E-state index contributed by atoms with van der Waals surface area (Å²) in [6, 6.07) is 5.80. The molecule has 2 nitrogen and oxygen atoms in total. The molecule has 0 spiro atoms. The summed E-state index contributed by atoms with van der Waals surface area (Å²) < 4.78 is 0.974. The standard InChI is InChI=1S/C10H7NOS2/c11-3-7-5-14-10-6(4-12)1-8(13)2-9(7)10/h1-2,5,12-13H,4H2. The van der Waals surface area contributed by atoms with Crippen LogP contribution in [0, 0.1) is 11.3 Å². The van der Waals surface area contributed by atoms with Gasteiger partial charge in [0, 0.05) is 20.4 Å². The molecule has 0 atom stereocenters. The van der Waals surface area contributed by atoms with Crippen molar-refractivity contribution in [2.24, 2.45) is 0 Å². The fraction of sp³-hybridized carbons (Fsp3) is 0.100. The molecule has 1 N–H and O–H groups in total. The van der Waals surface area contributed by atoms with E-state index in [0.29, 0.717) is 5.56 Å². The summed E-state index contributed by atoms with van der Waals surface area (Å²) in [5, 5.41) is 20.7. The molecule has 2 aromatic rings. The Bertz CT molecular complexity index is 525. The van der Waals surface area contributed by atoms with Gasteiger partial charge in [-0.1, -0.05) is 0 Å². The summed E-state index contributed by atoms with van der Waals surface area (Å²) >= 11 is 5.71. The Morgan fingerprint density at radius 3 is 2.93 bits per heavy atom. The van der Waals surface area contributed by atoms with Crippen molar-refractivity contribution in [3.8, 4) is 6.07 Å². The molecule has 4 heteroatoms. The van der Waals surface area contributed by atoms with E-state index in [4.69, 9.17) is 10.4 Å². The van der Waals surface area contributed by atoms with Crippen molar-refractivity contribution >= 4 is 34.1 Å². The van der Waals surface area contributed by atoms with Crippen molar-refractivity contribution in [3.05, 3.63) is 28.6 Å². The number of aliphatic hydroxyl groups is 1. The molecule has 1 aromatic carbocycles. The van der Waals surface area contributed by atoms with Crippen LogP contribution in [0.4, 0.5) is 0 Å². The highest BCUT2D eigenvalue weighted by molar-refractivity contribution is 7.80. The molecule has 70 valence electrons. The number of thiol groups is 1. The number of fused-ring (bicyclic) bond motifs is 1. The molecule has 2 rings (SSSR count). The van der Waals surface area contributed by atoms with Crippen LogP contribution in [0.3, 0.4) is 0 Å². The van der Waals surface area contributed by atoms with Crippen LogP contribution in [0.5, 0.6) is 0 Å². The highest BCUT2D eigenvalue weighted by Gasteiger charge is 2.08. The highest BCUT2D eigenvalue weighted by Crippen LogP contribution is 2.31. The van der Waals surface area contributed by atoms with E-state index >= 15 is 0 Å². The van der Waals surface area contributed by atoms with Gasteiger partial charge in [0.1, 0.15) is 6.07 Å². The zero-order valence-electron chi connectivity index (χ0n) is 7.19. The number of nitrogens with zero attached hydrogens (tertiary/aromatic N) is 1. The van der Waals surface area contributed by atoms with Gasteiger partial charge in [-0.15, -0.1) is 24.0 Å². The third-order valence-corrected chi connectivity index (χ3v) is 3.36. The second-order valence-corrected chi connectivity index (χ2v) is 4.30. The van der Waals surface area contributed by atoms with Crippen molar-refractivity contribution in [2.45, 2.75) is 11.5 Å². The lowest BCUT2D eigenvalue weighted by molar-refractivity contribution is 0.283. The van der Waals surface area contributed by atoms with Crippen LogP contribution in [0.15, 0.2) is 22.4 Å². The zero-order valence-corrected chi connectivity index (χ0v) is 8.90. The predicted molar refractivity (Wildman–Crippen MR) is 59.7 cm³/mol. The van der Waals surface area contributed by atoms with Gasteiger partial charge in [0.2, 0.25) is 0 Å². The number of rotatable bonds is 1. The lowest BCUT2D eigenvalue weighted by Gasteiger charge is -2.00. The van der Waals surface area contributed by atoms with Crippen LogP contribution >= 0.6 is 24.0 Å². The second kappa shape index (κ2) is 3.62. The van der Waals surface area contributed by atoms with E-state index < -0.39 is 0 Å². The number of nitriles is 1. The van der Waals surface area contributed by atoms with E-state index in [1.165, 1.54) is 11.3 Å². The third-order valence-electron chi connectivity index (χ3n) is 2.03. The van der Waals surface area contributed by atoms with E-state index in [1.807, 2.05) is 12.1 Å². The van der Waals surface area contributed by atoms with Gasteiger partial charge in [-0.25, -0.2) is 0 Å². The highest BCUT2D eigenvalue weighted by atomic mass is 32.1. The quantitative estimate of drug-likeness (QED) is 0.727. The Labute approximate surface area is 90.8 Å². The largest absolute Gasteiger partial charge is 0.392 e. The van der Waals surface area contributed by atoms with Crippen LogP contribution < -0.4 is 0 Å². The molecular formula is C10H7NOS2. The van der Waals surface area contributed by atoms with E-state index in [9.17, 15) is 0 Å². The maximum atomic E-state index is 9.13. The van der Waals surface area contributed by atoms with Crippen molar-refractivity contribution in [2.75, 3.05) is 0 Å². The van der Waals surface area contributed by atoms with Gasteiger partial charge in [0.25, 0.3) is 0 Å². The van der Waals surface area contributed by atoms with Gasteiger partial charge >= 0.3 is 0 Å². The van der Waals surface area contributed by atoms with Gasteiger partial charge < -0.3 is 5.11 Å². The number of aliphatic hydroxyl groups excluding tert-OH is 1. The molecule has 14 heavy (non-hydrogen) atoms. The van der Waals surface area contributed by atoms with E-state index in [0.717, 1.165) is 20.5 Å². The summed E-state index contributed by atoms with van der Waals surface area (Å²) in [6.45, 7) is -0.0176. The topological polar surface area (TPSA) is 44.0 Å². The first kappa shape index (κ1) is 9.53. The lowest BCUT2D eigenvalue weighted by atomic mass is 10.1. The number of benzene rings is 1. The third kappa shape index (κ3) is 1.40. The Morgan fingerprint density at radius 2 is 2.29 bits per heavy atom. The molecule has 0 unspecified atom stereocenters. The maximum absolute atomic E-state index is 9.13. The first-order valence-electron chi connectivity index (χ1n) is 4.00. The van der Waals surface area contributed by atoms with Crippen LogP contribution in [0.1, 0.15) is 11.1 Å². The van der Waals surface area contributed by atoms with Gasteiger partial charge in [-0.3, -0.25) is 0 Å². The van der Waals surface area contributed by atoms with Crippen LogP contribution in [0.2, 0.25) is 0 Å². The van der Waals surface area contributed by atoms with E-state index in [2.05, 4.69) is 18.7 Å². The Balaban J connectivity index is 2.85. The Hall–Kier alpha value is -1.02. The molecule has 0 aliphatic rings. The fourth-order valence-corrected chi connectivity index (χ4v) is 2.67. The molecule has 1 heterocycles. The minimum Gasteiger partial charge on any atom is -0.392 e. The monoisotopic (exact) mass is 221 g/mol. The van der Waals surface area contributed by atoms with Gasteiger partial charge in [0.05, 0.1) is 12.2 Å². The van der Waals surface area contributed by atoms with Gasteiger partial charge in [-0.05, 0) is 17.7 Å². The predicted octanol–water partition coefficient (Wildman–Crippen LogP) is 2.55. The molecule has 0 aliphatic heterocycles. The zero-order chi connectivity index (χ0) is 10.1. The van der Waals surface area contributed by atoms with Crippen LogP contribution in [0.25, 0.3) is 10.1 Å².